The van der Waals surface area contributed by atoms with E-state index in [4.69, 9.17) is 9.31 Å². The first kappa shape index (κ1) is 14.0. The smallest absolute Gasteiger partial charge is 0.403 e. The van der Waals surface area contributed by atoms with Crippen molar-refractivity contribution in [1.82, 2.24) is 0 Å². The fraction of sp³-hybridized carbons (Fsp3) is 0.600. The Morgan fingerprint density at radius 1 is 0.950 bits per heavy atom. The van der Waals surface area contributed by atoms with Gasteiger partial charge in [-0.2, -0.15) is 0 Å². The highest BCUT2D eigenvalue weighted by atomic mass is 19.3. The van der Waals surface area contributed by atoms with Gasteiger partial charge >= 0.3 is 7.12 Å². The molecule has 2 aliphatic rings. The molecule has 1 aromatic carbocycles. The van der Waals surface area contributed by atoms with Gasteiger partial charge in [0.05, 0.1) is 22.9 Å². The SMILES string of the molecule is CC1(C)OB([C@@H]2[C@@H](c3ccccc3)C2(F)F)OC1(C)C. The summed E-state index contributed by atoms with van der Waals surface area (Å²) in [6.07, 6.45) is 0. The van der Waals surface area contributed by atoms with Crippen LogP contribution in [-0.2, 0) is 9.31 Å². The van der Waals surface area contributed by atoms with E-state index < -0.39 is 36.0 Å². The van der Waals surface area contributed by atoms with E-state index in [1.807, 2.05) is 33.8 Å². The van der Waals surface area contributed by atoms with Gasteiger partial charge in [0.25, 0.3) is 5.92 Å². The fourth-order valence-electron chi connectivity index (χ4n) is 2.81. The maximum atomic E-state index is 14.1. The second-order valence-corrected chi connectivity index (χ2v) is 6.71. The molecule has 1 saturated carbocycles. The second-order valence-electron chi connectivity index (χ2n) is 6.71. The van der Waals surface area contributed by atoms with Crippen molar-refractivity contribution in [2.45, 2.75) is 56.6 Å². The molecular formula is C15H19BF2O2. The molecule has 5 heteroatoms. The van der Waals surface area contributed by atoms with E-state index in [-0.39, 0.29) is 0 Å². The molecule has 2 fully saturated rings. The van der Waals surface area contributed by atoms with Crippen LogP contribution in [0.25, 0.3) is 0 Å². The van der Waals surface area contributed by atoms with Crippen LogP contribution in [0.5, 0.6) is 0 Å². The Morgan fingerprint density at radius 2 is 1.45 bits per heavy atom. The van der Waals surface area contributed by atoms with Crippen LogP contribution >= 0.6 is 0 Å². The molecule has 1 aliphatic carbocycles. The summed E-state index contributed by atoms with van der Waals surface area (Å²) in [5.41, 5.74) is -0.494. The molecule has 0 unspecified atom stereocenters. The van der Waals surface area contributed by atoms with Crippen molar-refractivity contribution in [2.24, 2.45) is 0 Å². The first-order valence-corrected chi connectivity index (χ1v) is 6.95. The van der Waals surface area contributed by atoms with Gasteiger partial charge in [-0.15, -0.1) is 0 Å². The third kappa shape index (κ3) is 1.91. The third-order valence-electron chi connectivity index (χ3n) is 4.83. The molecule has 1 heterocycles. The molecule has 108 valence electrons. The number of halogens is 2. The summed E-state index contributed by atoms with van der Waals surface area (Å²) in [6, 6.07) is 8.87. The largest absolute Gasteiger partial charge is 0.468 e. The zero-order valence-electron chi connectivity index (χ0n) is 12.2. The van der Waals surface area contributed by atoms with E-state index >= 15 is 0 Å². The van der Waals surface area contributed by atoms with Gasteiger partial charge in [-0.1, -0.05) is 30.3 Å². The highest BCUT2D eigenvalue weighted by Gasteiger charge is 2.77. The molecule has 0 amide bonds. The normalized spacial score (nSPS) is 33.2. The van der Waals surface area contributed by atoms with Crippen LogP contribution in [-0.4, -0.2) is 24.2 Å². The molecule has 0 radical (unpaired) electrons. The van der Waals surface area contributed by atoms with Crippen molar-refractivity contribution < 1.29 is 18.1 Å². The van der Waals surface area contributed by atoms with Crippen molar-refractivity contribution in [3.05, 3.63) is 35.9 Å². The average molecular weight is 280 g/mol. The molecule has 1 aromatic rings. The number of hydrogen-bond acceptors (Lipinski definition) is 2. The predicted molar refractivity (Wildman–Crippen MR) is 74.0 cm³/mol. The van der Waals surface area contributed by atoms with Crippen LogP contribution in [0.15, 0.2) is 30.3 Å². The van der Waals surface area contributed by atoms with Crippen LogP contribution in [0.4, 0.5) is 8.78 Å². The molecule has 1 saturated heterocycles. The van der Waals surface area contributed by atoms with Crippen molar-refractivity contribution in [2.75, 3.05) is 0 Å². The minimum Gasteiger partial charge on any atom is -0.403 e. The summed E-state index contributed by atoms with van der Waals surface area (Å²) < 4.78 is 39.8. The van der Waals surface area contributed by atoms with Gasteiger partial charge in [0.1, 0.15) is 0 Å². The molecule has 0 spiro atoms. The maximum absolute atomic E-state index is 14.1. The predicted octanol–water partition coefficient (Wildman–Crippen LogP) is 3.88. The van der Waals surface area contributed by atoms with Gasteiger partial charge in [-0.25, -0.2) is 8.78 Å². The molecule has 0 aromatic heterocycles. The fourth-order valence-corrected chi connectivity index (χ4v) is 2.81. The number of rotatable bonds is 2. The van der Waals surface area contributed by atoms with Gasteiger partial charge in [-0.05, 0) is 33.3 Å². The van der Waals surface area contributed by atoms with Crippen molar-refractivity contribution in [3.63, 3.8) is 0 Å². The highest BCUT2D eigenvalue weighted by Crippen LogP contribution is 2.69. The van der Waals surface area contributed by atoms with Crippen molar-refractivity contribution in [3.8, 4) is 0 Å². The minimum absolute atomic E-state index is 0.572. The molecule has 0 bridgehead atoms. The van der Waals surface area contributed by atoms with Gasteiger partial charge in [0.15, 0.2) is 0 Å². The minimum atomic E-state index is -2.76. The monoisotopic (exact) mass is 280 g/mol. The average Bonchev–Trinajstić information content (AvgIpc) is 2.83. The lowest BCUT2D eigenvalue weighted by Crippen LogP contribution is -2.41. The van der Waals surface area contributed by atoms with Crippen LogP contribution in [0, 0.1) is 0 Å². The maximum Gasteiger partial charge on any atom is 0.468 e. The zero-order chi connectivity index (χ0) is 14.8. The molecule has 2 atom stereocenters. The summed E-state index contributed by atoms with van der Waals surface area (Å²) in [6.45, 7) is 7.52. The van der Waals surface area contributed by atoms with Crippen LogP contribution in [0.3, 0.4) is 0 Å². The molecule has 3 rings (SSSR count). The Kier molecular flexibility index (Phi) is 2.84. The van der Waals surface area contributed by atoms with Crippen LogP contribution in [0.2, 0.25) is 5.82 Å². The van der Waals surface area contributed by atoms with Gasteiger partial charge < -0.3 is 9.31 Å². The lowest BCUT2D eigenvalue weighted by molar-refractivity contribution is 0.00578. The quantitative estimate of drug-likeness (QED) is 0.765. The Labute approximate surface area is 118 Å². The Morgan fingerprint density at radius 3 is 1.95 bits per heavy atom. The first-order valence-electron chi connectivity index (χ1n) is 6.95. The van der Waals surface area contributed by atoms with Gasteiger partial charge in [-0.3, -0.25) is 0 Å². The van der Waals surface area contributed by atoms with Gasteiger partial charge in [0.2, 0.25) is 0 Å². The molecule has 2 nitrogen and oxygen atoms in total. The third-order valence-corrected chi connectivity index (χ3v) is 4.83. The molecular weight excluding hydrogens is 261 g/mol. The second kappa shape index (κ2) is 4.04. The topological polar surface area (TPSA) is 18.5 Å². The number of alkyl halides is 2. The first-order chi connectivity index (χ1) is 9.17. The summed E-state index contributed by atoms with van der Waals surface area (Å²) in [5, 5.41) is 0. The van der Waals surface area contributed by atoms with Crippen LogP contribution < -0.4 is 0 Å². The Bertz CT molecular complexity index is 500. The zero-order valence-corrected chi connectivity index (χ0v) is 12.2. The highest BCUT2D eigenvalue weighted by molar-refractivity contribution is 6.49. The Balaban J connectivity index is 1.83. The standard InChI is InChI=1S/C15H19BF2O2/c1-13(2)14(3,4)20-16(19-13)12-11(15(12,17)18)10-8-6-5-7-9-10/h5-9,11-12H,1-4H3/t11-,12-/m1/s1. The summed E-state index contributed by atoms with van der Waals surface area (Å²) in [4.78, 5) is 0. The van der Waals surface area contributed by atoms with E-state index in [9.17, 15) is 8.78 Å². The lowest BCUT2D eigenvalue weighted by Gasteiger charge is -2.32. The lowest BCUT2D eigenvalue weighted by atomic mass is 9.79. The molecule has 1 aliphatic heterocycles. The summed E-state index contributed by atoms with van der Waals surface area (Å²) >= 11 is 0. The molecule has 20 heavy (non-hydrogen) atoms. The van der Waals surface area contributed by atoms with Crippen LogP contribution in [0.1, 0.15) is 39.2 Å². The summed E-state index contributed by atoms with van der Waals surface area (Å²) in [7, 11) is -0.847. The van der Waals surface area contributed by atoms with E-state index in [0.717, 1.165) is 0 Å². The summed E-state index contributed by atoms with van der Waals surface area (Å²) in [5.74, 6) is -4.47. The van der Waals surface area contributed by atoms with Crippen molar-refractivity contribution >= 4 is 7.12 Å². The van der Waals surface area contributed by atoms with E-state index in [1.165, 1.54) is 0 Å². The van der Waals surface area contributed by atoms with E-state index in [0.29, 0.717) is 5.56 Å². The Hall–Kier alpha value is -0.935. The van der Waals surface area contributed by atoms with Gasteiger partial charge in [0, 0.05) is 0 Å². The molecule has 0 N–H and O–H groups in total. The number of hydrogen-bond donors (Lipinski definition) is 0. The van der Waals surface area contributed by atoms with E-state index in [1.54, 1.807) is 24.3 Å². The number of benzene rings is 1. The van der Waals surface area contributed by atoms with Crippen molar-refractivity contribution in [1.29, 1.82) is 0 Å². The van der Waals surface area contributed by atoms with E-state index in [2.05, 4.69) is 0 Å².